The zero-order valence-corrected chi connectivity index (χ0v) is 14.1. The highest BCUT2D eigenvalue weighted by atomic mass is 32.2. The van der Waals surface area contributed by atoms with Gasteiger partial charge in [0.25, 0.3) is 0 Å². The molecule has 0 saturated heterocycles. The fraction of sp³-hybridized carbons (Fsp3) is 0.400. The summed E-state index contributed by atoms with van der Waals surface area (Å²) in [5, 5.41) is 2.57. The molecule has 3 rings (SSSR count). The van der Waals surface area contributed by atoms with Crippen molar-refractivity contribution in [3.63, 3.8) is 0 Å². The van der Waals surface area contributed by atoms with E-state index in [0.717, 1.165) is 30.7 Å². The van der Waals surface area contributed by atoms with E-state index in [1.165, 1.54) is 11.3 Å². The van der Waals surface area contributed by atoms with Crippen LogP contribution in [0, 0.1) is 18.6 Å². The largest absolute Gasteiger partial charge is 0.245 e. The van der Waals surface area contributed by atoms with Crippen molar-refractivity contribution < 1.29 is 17.2 Å². The van der Waals surface area contributed by atoms with Gasteiger partial charge in [-0.3, -0.25) is 0 Å². The molecule has 0 aliphatic heterocycles. The summed E-state index contributed by atoms with van der Waals surface area (Å²) < 4.78 is 54.6. The molecular formula is C15H16F2N2O2S2. The van der Waals surface area contributed by atoms with Gasteiger partial charge >= 0.3 is 0 Å². The predicted molar refractivity (Wildman–Crippen MR) is 83.7 cm³/mol. The van der Waals surface area contributed by atoms with E-state index in [4.69, 9.17) is 0 Å². The molecule has 1 fully saturated rings. The van der Waals surface area contributed by atoms with E-state index in [0.29, 0.717) is 23.9 Å². The monoisotopic (exact) mass is 358 g/mol. The van der Waals surface area contributed by atoms with Gasteiger partial charge in [-0.05, 0) is 31.9 Å². The van der Waals surface area contributed by atoms with Gasteiger partial charge in [0.1, 0.15) is 16.6 Å². The number of sulfonamides is 1. The second-order valence-corrected chi connectivity index (χ2v) is 8.33. The van der Waals surface area contributed by atoms with E-state index in [1.807, 2.05) is 12.3 Å². The lowest BCUT2D eigenvalue weighted by Gasteiger charge is -2.27. The third-order valence-electron chi connectivity index (χ3n) is 3.96. The first kappa shape index (κ1) is 16.5. The lowest BCUT2D eigenvalue weighted by atomic mass is 10.0. The first-order chi connectivity index (χ1) is 10.8. The number of benzene rings is 1. The smallest absolute Gasteiger partial charge is 0.241 e. The van der Waals surface area contributed by atoms with E-state index in [1.54, 1.807) is 0 Å². The van der Waals surface area contributed by atoms with E-state index >= 15 is 0 Å². The van der Waals surface area contributed by atoms with Crippen LogP contribution in [0.2, 0.25) is 0 Å². The Balaban J connectivity index is 1.99. The van der Waals surface area contributed by atoms with Crippen LogP contribution < -0.4 is 4.72 Å². The summed E-state index contributed by atoms with van der Waals surface area (Å²) in [7, 11) is -4.05. The van der Waals surface area contributed by atoms with Gasteiger partial charge in [-0.2, -0.15) is 4.72 Å². The minimum atomic E-state index is -4.05. The maximum absolute atomic E-state index is 13.4. The fourth-order valence-corrected chi connectivity index (χ4v) is 5.46. The summed E-state index contributed by atoms with van der Waals surface area (Å²) >= 11 is 1.40. The van der Waals surface area contributed by atoms with Crippen LogP contribution in [0.5, 0.6) is 0 Å². The summed E-state index contributed by atoms with van der Waals surface area (Å²) in [6.45, 7) is 1.85. The molecule has 124 valence electrons. The summed E-state index contributed by atoms with van der Waals surface area (Å²) in [5.74, 6) is -1.84. The molecule has 1 heterocycles. The quantitative estimate of drug-likeness (QED) is 0.910. The zero-order valence-electron chi connectivity index (χ0n) is 12.5. The van der Waals surface area contributed by atoms with Gasteiger partial charge in [-0.1, -0.05) is 12.8 Å². The molecule has 1 aromatic heterocycles. The molecule has 1 aliphatic carbocycles. The SMILES string of the molecule is Cc1csc(C2(NS(=O)(=O)c3cc(F)cc(F)c3)CCCC2)n1. The van der Waals surface area contributed by atoms with Gasteiger partial charge in [0.05, 0.1) is 10.4 Å². The van der Waals surface area contributed by atoms with Crippen LogP contribution in [0.15, 0.2) is 28.5 Å². The second-order valence-electron chi connectivity index (χ2n) is 5.79. The van der Waals surface area contributed by atoms with Crippen molar-refractivity contribution in [2.75, 3.05) is 0 Å². The Hall–Kier alpha value is -1.38. The third kappa shape index (κ3) is 3.29. The molecule has 0 bridgehead atoms. The van der Waals surface area contributed by atoms with Gasteiger partial charge in [0.2, 0.25) is 10.0 Å². The highest BCUT2D eigenvalue weighted by molar-refractivity contribution is 7.89. The van der Waals surface area contributed by atoms with Gasteiger partial charge in [0.15, 0.2) is 0 Å². The number of nitrogens with zero attached hydrogens (tertiary/aromatic N) is 1. The Morgan fingerprint density at radius 2 is 1.78 bits per heavy atom. The van der Waals surface area contributed by atoms with Gasteiger partial charge < -0.3 is 0 Å². The number of hydrogen-bond donors (Lipinski definition) is 1. The van der Waals surface area contributed by atoms with E-state index in [-0.39, 0.29) is 0 Å². The molecule has 0 spiro atoms. The topological polar surface area (TPSA) is 59.1 Å². The molecule has 0 atom stereocenters. The highest BCUT2D eigenvalue weighted by Crippen LogP contribution is 2.41. The summed E-state index contributed by atoms with van der Waals surface area (Å²) in [4.78, 5) is 4.01. The minimum Gasteiger partial charge on any atom is -0.245 e. The van der Waals surface area contributed by atoms with Crippen LogP contribution in [-0.2, 0) is 15.6 Å². The van der Waals surface area contributed by atoms with Gasteiger partial charge in [-0.25, -0.2) is 22.2 Å². The number of aromatic nitrogens is 1. The minimum absolute atomic E-state index is 0.408. The standard InChI is InChI=1S/C15H16F2N2O2S2/c1-10-9-22-14(18-10)15(4-2-3-5-15)19-23(20,21)13-7-11(16)6-12(17)8-13/h6-9,19H,2-5H2,1H3. The Morgan fingerprint density at radius 3 is 2.30 bits per heavy atom. The van der Waals surface area contributed by atoms with Crippen LogP contribution in [0.4, 0.5) is 8.78 Å². The van der Waals surface area contributed by atoms with Crippen molar-refractivity contribution in [3.05, 3.63) is 45.9 Å². The van der Waals surface area contributed by atoms with E-state index < -0.39 is 32.1 Å². The molecule has 1 saturated carbocycles. The van der Waals surface area contributed by atoms with Crippen LogP contribution in [0.25, 0.3) is 0 Å². The summed E-state index contributed by atoms with van der Waals surface area (Å²) in [6.07, 6.45) is 2.99. The second kappa shape index (κ2) is 5.92. The highest BCUT2D eigenvalue weighted by Gasteiger charge is 2.42. The van der Waals surface area contributed by atoms with Crippen molar-refractivity contribution in [1.29, 1.82) is 0 Å². The van der Waals surface area contributed by atoms with Crippen molar-refractivity contribution in [2.45, 2.75) is 43.0 Å². The molecule has 0 amide bonds. The zero-order chi connectivity index (χ0) is 16.7. The molecule has 4 nitrogen and oxygen atoms in total. The summed E-state index contributed by atoms with van der Waals surface area (Å²) in [6, 6.07) is 2.29. The molecule has 2 aromatic rings. The molecule has 1 N–H and O–H groups in total. The van der Waals surface area contributed by atoms with Crippen molar-refractivity contribution >= 4 is 21.4 Å². The average Bonchev–Trinajstić information content (AvgIpc) is 3.07. The number of thiazole rings is 1. The van der Waals surface area contributed by atoms with Gasteiger partial charge in [0, 0.05) is 17.1 Å². The molecule has 0 unspecified atom stereocenters. The van der Waals surface area contributed by atoms with Crippen molar-refractivity contribution in [1.82, 2.24) is 9.71 Å². The molecule has 23 heavy (non-hydrogen) atoms. The number of hydrogen-bond acceptors (Lipinski definition) is 4. The Kier molecular flexibility index (Phi) is 4.24. The molecule has 1 aromatic carbocycles. The van der Waals surface area contributed by atoms with Crippen molar-refractivity contribution in [2.24, 2.45) is 0 Å². The number of rotatable bonds is 4. The molecule has 1 aliphatic rings. The van der Waals surface area contributed by atoms with Gasteiger partial charge in [-0.15, -0.1) is 11.3 Å². The van der Waals surface area contributed by atoms with Crippen LogP contribution >= 0.6 is 11.3 Å². The van der Waals surface area contributed by atoms with Crippen LogP contribution in [0.1, 0.15) is 36.4 Å². The molecule has 0 radical (unpaired) electrons. The maximum Gasteiger partial charge on any atom is 0.241 e. The normalized spacial score (nSPS) is 17.5. The van der Waals surface area contributed by atoms with E-state index in [9.17, 15) is 17.2 Å². The first-order valence-electron chi connectivity index (χ1n) is 7.23. The lowest BCUT2D eigenvalue weighted by molar-refractivity contribution is 0.401. The Labute approximate surface area is 137 Å². The maximum atomic E-state index is 13.4. The number of nitrogens with one attached hydrogen (secondary N) is 1. The molecule has 8 heteroatoms. The van der Waals surface area contributed by atoms with Crippen LogP contribution in [0.3, 0.4) is 0 Å². The Bertz CT molecular complexity index is 808. The van der Waals surface area contributed by atoms with Crippen molar-refractivity contribution in [3.8, 4) is 0 Å². The average molecular weight is 358 g/mol. The molecular weight excluding hydrogens is 342 g/mol. The lowest BCUT2D eigenvalue weighted by Crippen LogP contribution is -2.43. The fourth-order valence-electron chi connectivity index (χ4n) is 2.91. The predicted octanol–water partition coefficient (Wildman–Crippen LogP) is 3.48. The van der Waals surface area contributed by atoms with E-state index in [2.05, 4.69) is 9.71 Å². The third-order valence-corrected chi connectivity index (χ3v) is 6.64. The number of aryl methyl sites for hydroxylation is 1. The van der Waals surface area contributed by atoms with Crippen LogP contribution in [-0.4, -0.2) is 13.4 Å². The number of halogens is 2. The first-order valence-corrected chi connectivity index (χ1v) is 9.60. The summed E-state index contributed by atoms with van der Waals surface area (Å²) in [5.41, 5.74) is 0.0351. The Morgan fingerprint density at radius 1 is 1.17 bits per heavy atom.